The summed E-state index contributed by atoms with van der Waals surface area (Å²) in [5.74, 6) is 1.60. The van der Waals surface area contributed by atoms with E-state index in [1.807, 2.05) is 36.4 Å². The fourth-order valence-corrected chi connectivity index (χ4v) is 2.85. The molecule has 0 unspecified atom stereocenters. The smallest absolute Gasteiger partial charge is 0.416 e. The monoisotopic (exact) mass is 468 g/mol. The maximum Gasteiger partial charge on any atom is 0.416 e. The Morgan fingerprint density at radius 3 is 2.10 bits per heavy atom. The zero-order chi connectivity index (χ0) is 22.3. The number of rotatable bonds is 8. The molecule has 3 nitrogen and oxygen atoms in total. The molecule has 0 atom stereocenters. The number of benzene rings is 3. The molecule has 0 aliphatic carbocycles. The quantitative estimate of drug-likeness (QED) is 0.319. The van der Waals surface area contributed by atoms with Crippen molar-refractivity contribution in [2.45, 2.75) is 6.18 Å². The van der Waals surface area contributed by atoms with Gasteiger partial charge in [0.1, 0.15) is 35.0 Å². The lowest BCUT2D eigenvalue weighted by atomic mass is 10.1. The summed E-state index contributed by atoms with van der Waals surface area (Å²) in [5, 5.41) is 1.70. The highest BCUT2D eigenvalue weighted by molar-refractivity contribution is 6.55. The van der Waals surface area contributed by atoms with Crippen LogP contribution in [0.25, 0.3) is 10.8 Å². The maximum absolute atomic E-state index is 12.6. The number of halogens is 5. The fourth-order valence-electron chi connectivity index (χ4n) is 2.72. The van der Waals surface area contributed by atoms with Gasteiger partial charge in [0.15, 0.2) is 0 Å². The van der Waals surface area contributed by atoms with E-state index in [2.05, 4.69) is 0 Å². The molecule has 0 fully saturated rings. The summed E-state index contributed by atoms with van der Waals surface area (Å²) in [7, 11) is 0. The van der Waals surface area contributed by atoms with Gasteiger partial charge in [0.2, 0.25) is 0 Å². The standard InChI is InChI=1S/C23H17Cl2F3O3/c24-22(25)12-15-31-21-7-2-4-18-19(21)5-1-6-20(18)30-14-3-13-29-17-10-8-16(9-11-17)23(26,27)28/h1-12,14H,13,15H2. The van der Waals surface area contributed by atoms with Crippen molar-refractivity contribution in [1.29, 1.82) is 0 Å². The van der Waals surface area contributed by atoms with Gasteiger partial charge >= 0.3 is 6.18 Å². The zero-order valence-corrected chi connectivity index (χ0v) is 17.5. The minimum Gasteiger partial charge on any atom is -0.489 e. The van der Waals surface area contributed by atoms with Gasteiger partial charge in [0, 0.05) is 10.8 Å². The van der Waals surface area contributed by atoms with Crippen molar-refractivity contribution in [3.8, 4) is 17.2 Å². The first-order valence-corrected chi connectivity index (χ1v) is 9.87. The van der Waals surface area contributed by atoms with Crippen LogP contribution in [0, 0.1) is 0 Å². The molecule has 3 aromatic rings. The third-order valence-electron chi connectivity index (χ3n) is 4.14. The molecule has 0 spiro atoms. The van der Waals surface area contributed by atoms with Crippen LogP contribution in [0.4, 0.5) is 13.2 Å². The van der Waals surface area contributed by atoms with Crippen LogP contribution < -0.4 is 14.2 Å². The largest absolute Gasteiger partial charge is 0.489 e. The third kappa shape index (κ3) is 6.57. The minimum absolute atomic E-state index is 0.132. The minimum atomic E-state index is -4.37. The number of alkyl halides is 3. The van der Waals surface area contributed by atoms with Crippen molar-refractivity contribution >= 4 is 34.0 Å². The summed E-state index contributed by atoms with van der Waals surface area (Å²) in [4.78, 5) is 0. The second-order valence-electron chi connectivity index (χ2n) is 6.23. The van der Waals surface area contributed by atoms with Gasteiger partial charge in [-0.1, -0.05) is 47.5 Å². The van der Waals surface area contributed by atoms with E-state index < -0.39 is 11.7 Å². The van der Waals surface area contributed by atoms with Crippen molar-refractivity contribution in [2.75, 3.05) is 13.2 Å². The van der Waals surface area contributed by atoms with Crippen LogP contribution in [0.2, 0.25) is 0 Å². The number of hydrogen-bond donors (Lipinski definition) is 0. The van der Waals surface area contributed by atoms with E-state index in [9.17, 15) is 13.2 Å². The van der Waals surface area contributed by atoms with E-state index in [4.69, 9.17) is 37.4 Å². The van der Waals surface area contributed by atoms with Crippen molar-refractivity contribution in [2.24, 2.45) is 0 Å². The van der Waals surface area contributed by atoms with Crippen molar-refractivity contribution in [3.63, 3.8) is 0 Å². The van der Waals surface area contributed by atoms with Crippen LogP contribution in [0.15, 0.2) is 83.6 Å². The maximum atomic E-state index is 12.6. The summed E-state index contributed by atoms with van der Waals surface area (Å²) < 4.78 is 54.6. The highest BCUT2D eigenvalue weighted by atomic mass is 35.5. The van der Waals surface area contributed by atoms with E-state index >= 15 is 0 Å². The lowest BCUT2D eigenvalue weighted by molar-refractivity contribution is -0.137. The van der Waals surface area contributed by atoms with Crippen molar-refractivity contribution in [1.82, 2.24) is 0 Å². The van der Waals surface area contributed by atoms with Crippen LogP contribution >= 0.6 is 23.2 Å². The molecule has 0 saturated heterocycles. The van der Waals surface area contributed by atoms with E-state index in [1.54, 1.807) is 12.2 Å². The molecule has 0 aliphatic heterocycles. The van der Waals surface area contributed by atoms with Crippen LogP contribution in [0.5, 0.6) is 17.2 Å². The van der Waals surface area contributed by atoms with Crippen LogP contribution in [0.3, 0.4) is 0 Å². The van der Waals surface area contributed by atoms with Gasteiger partial charge in [-0.2, -0.15) is 13.2 Å². The topological polar surface area (TPSA) is 27.7 Å². The summed E-state index contributed by atoms with van der Waals surface area (Å²) in [6, 6.07) is 15.6. The van der Waals surface area contributed by atoms with Gasteiger partial charge in [-0.25, -0.2) is 0 Å². The van der Waals surface area contributed by atoms with E-state index in [0.717, 1.165) is 22.9 Å². The Balaban J connectivity index is 1.60. The van der Waals surface area contributed by atoms with Crippen molar-refractivity contribution < 1.29 is 27.4 Å². The van der Waals surface area contributed by atoms with E-state index in [1.165, 1.54) is 18.4 Å². The van der Waals surface area contributed by atoms with Crippen molar-refractivity contribution in [3.05, 3.63) is 89.1 Å². The molecule has 0 radical (unpaired) electrons. The summed E-state index contributed by atoms with van der Waals surface area (Å²) in [5.41, 5.74) is -0.722. The first kappa shape index (κ1) is 22.8. The Morgan fingerprint density at radius 1 is 0.806 bits per heavy atom. The highest BCUT2D eigenvalue weighted by Crippen LogP contribution is 2.33. The first-order chi connectivity index (χ1) is 14.8. The molecule has 0 N–H and O–H groups in total. The molecule has 0 amide bonds. The molecule has 0 aliphatic rings. The molecule has 31 heavy (non-hydrogen) atoms. The molecule has 0 aromatic heterocycles. The first-order valence-electron chi connectivity index (χ1n) is 9.12. The Hall–Kier alpha value is -2.83. The molecule has 0 bridgehead atoms. The molecular formula is C23H17Cl2F3O3. The Kier molecular flexibility index (Phi) is 7.71. The lowest BCUT2D eigenvalue weighted by Crippen LogP contribution is -2.04. The molecular weight excluding hydrogens is 452 g/mol. The molecule has 162 valence electrons. The molecule has 3 rings (SSSR count). The number of ether oxygens (including phenoxy) is 3. The normalized spacial score (nSPS) is 11.5. The second kappa shape index (κ2) is 10.5. The summed E-state index contributed by atoms with van der Waals surface area (Å²) in [6.45, 7) is 0.365. The lowest BCUT2D eigenvalue weighted by Gasteiger charge is -2.10. The highest BCUT2D eigenvalue weighted by Gasteiger charge is 2.29. The van der Waals surface area contributed by atoms with Gasteiger partial charge < -0.3 is 14.2 Å². The van der Waals surface area contributed by atoms with Crippen LogP contribution in [-0.2, 0) is 6.18 Å². The molecule has 0 saturated carbocycles. The van der Waals surface area contributed by atoms with Crippen LogP contribution in [0.1, 0.15) is 5.56 Å². The molecule has 8 heteroatoms. The summed E-state index contributed by atoms with van der Waals surface area (Å²) >= 11 is 11.2. The van der Waals surface area contributed by atoms with Crippen LogP contribution in [-0.4, -0.2) is 13.2 Å². The Labute approximate surface area is 187 Å². The number of hydrogen-bond acceptors (Lipinski definition) is 3. The predicted octanol–water partition coefficient (Wildman–Crippen LogP) is 7.53. The average molecular weight is 469 g/mol. The SMILES string of the molecule is FC(F)(F)c1ccc(OCC=COc2cccc3c(OCC=C(Cl)Cl)cccc23)cc1. The van der Waals surface area contributed by atoms with Gasteiger partial charge in [0.05, 0.1) is 11.8 Å². The van der Waals surface area contributed by atoms with E-state index in [-0.39, 0.29) is 17.7 Å². The Morgan fingerprint density at radius 2 is 1.45 bits per heavy atom. The third-order valence-corrected chi connectivity index (χ3v) is 4.45. The van der Waals surface area contributed by atoms with Gasteiger partial charge in [-0.3, -0.25) is 0 Å². The fraction of sp³-hybridized carbons (Fsp3) is 0.130. The average Bonchev–Trinajstić information content (AvgIpc) is 2.73. The molecule has 0 heterocycles. The Bertz CT molecular complexity index is 1070. The van der Waals surface area contributed by atoms with E-state index in [0.29, 0.717) is 17.2 Å². The number of fused-ring (bicyclic) bond motifs is 1. The predicted molar refractivity (Wildman–Crippen MR) is 116 cm³/mol. The zero-order valence-electron chi connectivity index (χ0n) is 16.0. The second-order valence-corrected chi connectivity index (χ2v) is 7.24. The van der Waals surface area contributed by atoms with Gasteiger partial charge in [0.25, 0.3) is 0 Å². The van der Waals surface area contributed by atoms with Gasteiger partial charge in [-0.15, -0.1) is 0 Å². The molecule has 3 aromatic carbocycles. The van der Waals surface area contributed by atoms with Gasteiger partial charge in [-0.05, 0) is 48.6 Å². The summed E-state index contributed by atoms with van der Waals surface area (Å²) in [6.07, 6.45) is 0.248.